The number of carbonyl (C=O) groups is 2. The first-order valence-corrected chi connectivity index (χ1v) is 13.5. The summed E-state index contributed by atoms with van der Waals surface area (Å²) in [6.45, 7) is 12.0. The molecule has 1 N–H and O–H groups in total. The normalized spacial score (nSPS) is 16.8. The number of ketones is 1. The minimum Gasteiger partial charge on any atom is -0.507 e. The van der Waals surface area contributed by atoms with Crippen LogP contribution in [0, 0.1) is 0 Å². The molecule has 0 radical (unpaired) electrons. The summed E-state index contributed by atoms with van der Waals surface area (Å²) in [6, 6.07) is 19.3. The van der Waals surface area contributed by atoms with Gasteiger partial charge in [0.25, 0.3) is 11.7 Å². The first kappa shape index (κ1) is 28.7. The molecular formula is C33H38N2O5. The van der Waals surface area contributed by atoms with E-state index in [1.54, 1.807) is 38.5 Å². The van der Waals surface area contributed by atoms with Crippen molar-refractivity contribution in [2.24, 2.45) is 0 Å². The molecule has 1 amide bonds. The lowest BCUT2D eigenvalue weighted by atomic mass is 9.84. The Bertz CT molecular complexity index is 1430. The number of Topliss-reactive ketones (excluding diaryl/α,β-unsaturated/α-hetero) is 1. The summed E-state index contributed by atoms with van der Waals surface area (Å²) in [4.78, 5) is 30.9. The second-order valence-corrected chi connectivity index (χ2v) is 10.8. The highest BCUT2D eigenvalue weighted by Gasteiger charge is 2.47. The third kappa shape index (κ3) is 5.28. The fourth-order valence-electron chi connectivity index (χ4n) is 5.24. The van der Waals surface area contributed by atoms with Gasteiger partial charge in [-0.3, -0.25) is 14.5 Å². The zero-order chi connectivity index (χ0) is 29.2. The zero-order valence-electron chi connectivity index (χ0n) is 24.3. The van der Waals surface area contributed by atoms with Crippen LogP contribution in [0.5, 0.6) is 11.5 Å². The number of benzene rings is 3. The highest BCUT2D eigenvalue weighted by atomic mass is 16.5. The van der Waals surface area contributed by atoms with Crippen molar-refractivity contribution in [2.45, 2.75) is 46.1 Å². The highest BCUT2D eigenvalue weighted by Crippen LogP contribution is 2.44. The number of carbonyl (C=O) groups excluding carboxylic acids is 2. The van der Waals surface area contributed by atoms with E-state index in [-0.39, 0.29) is 16.7 Å². The molecule has 1 saturated heterocycles. The Labute approximate surface area is 236 Å². The maximum absolute atomic E-state index is 13.6. The van der Waals surface area contributed by atoms with E-state index in [0.717, 1.165) is 24.3 Å². The molecule has 0 aliphatic carbocycles. The van der Waals surface area contributed by atoms with Crippen molar-refractivity contribution in [2.75, 3.05) is 37.1 Å². The van der Waals surface area contributed by atoms with Gasteiger partial charge in [0.05, 0.1) is 25.8 Å². The Morgan fingerprint density at radius 1 is 0.925 bits per heavy atom. The largest absolute Gasteiger partial charge is 0.507 e. The molecular weight excluding hydrogens is 504 g/mol. The van der Waals surface area contributed by atoms with Crippen molar-refractivity contribution in [3.63, 3.8) is 0 Å². The van der Waals surface area contributed by atoms with Crippen LogP contribution >= 0.6 is 0 Å². The molecule has 0 aromatic heterocycles. The van der Waals surface area contributed by atoms with Crippen molar-refractivity contribution in [3.05, 3.63) is 89.0 Å². The van der Waals surface area contributed by atoms with Crippen molar-refractivity contribution < 1.29 is 24.2 Å². The van der Waals surface area contributed by atoms with Crippen molar-refractivity contribution >= 4 is 28.8 Å². The number of amides is 1. The molecule has 1 aliphatic heterocycles. The number of nitrogens with zero attached hydrogens (tertiary/aromatic N) is 2. The fraction of sp³-hybridized carbons (Fsp3) is 0.333. The minimum absolute atomic E-state index is 0.0242. The van der Waals surface area contributed by atoms with Gasteiger partial charge in [-0.1, -0.05) is 32.9 Å². The molecule has 3 aromatic rings. The van der Waals surface area contributed by atoms with Gasteiger partial charge < -0.3 is 19.5 Å². The van der Waals surface area contributed by atoms with Crippen molar-refractivity contribution in [1.82, 2.24) is 0 Å². The summed E-state index contributed by atoms with van der Waals surface area (Å²) < 4.78 is 11.0. The average Bonchev–Trinajstić information content (AvgIpc) is 3.22. The van der Waals surface area contributed by atoms with Gasteiger partial charge in [-0.15, -0.1) is 0 Å². The number of rotatable bonds is 8. The van der Waals surface area contributed by atoms with Crippen molar-refractivity contribution in [1.29, 1.82) is 0 Å². The van der Waals surface area contributed by atoms with E-state index in [4.69, 9.17) is 9.47 Å². The minimum atomic E-state index is -0.852. The van der Waals surface area contributed by atoms with Gasteiger partial charge in [-0.05, 0) is 79.4 Å². The van der Waals surface area contributed by atoms with E-state index in [9.17, 15) is 14.7 Å². The number of hydrogen-bond acceptors (Lipinski definition) is 6. The van der Waals surface area contributed by atoms with Gasteiger partial charge in [-0.2, -0.15) is 0 Å². The zero-order valence-corrected chi connectivity index (χ0v) is 24.3. The van der Waals surface area contributed by atoms with Crippen LogP contribution in [-0.2, 0) is 15.0 Å². The third-order valence-corrected chi connectivity index (χ3v) is 7.39. The van der Waals surface area contributed by atoms with E-state index < -0.39 is 17.7 Å². The van der Waals surface area contributed by atoms with Crippen LogP contribution in [0.4, 0.5) is 11.4 Å². The number of anilines is 2. The van der Waals surface area contributed by atoms with E-state index in [2.05, 4.69) is 18.7 Å². The van der Waals surface area contributed by atoms with Crippen LogP contribution < -0.4 is 19.3 Å². The van der Waals surface area contributed by atoms with Crippen LogP contribution in [0.25, 0.3) is 5.76 Å². The fourth-order valence-corrected chi connectivity index (χ4v) is 5.24. The predicted molar refractivity (Wildman–Crippen MR) is 159 cm³/mol. The van der Waals surface area contributed by atoms with Crippen LogP contribution in [0.2, 0.25) is 0 Å². The molecule has 0 spiro atoms. The number of aliphatic hydroxyl groups excluding tert-OH is 1. The summed E-state index contributed by atoms with van der Waals surface area (Å²) in [5, 5.41) is 11.7. The summed E-state index contributed by atoms with van der Waals surface area (Å²) in [6.07, 6.45) is 0. The molecule has 1 heterocycles. The molecule has 0 bridgehead atoms. The van der Waals surface area contributed by atoms with Gasteiger partial charge in [0.15, 0.2) is 0 Å². The van der Waals surface area contributed by atoms with Crippen LogP contribution in [-0.4, -0.2) is 44.1 Å². The Kier molecular flexibility index (Phi) is 8.24. The quantitative estimate of drug-likeness (QED) is 0.200. The Hall–Kier alpha value is -4.26. The molecule has 7 heteroatoms. The van der Waals surface area contributed by atoms with Gasteiger partial charge in [0.2, 0.25) is 0 Å². The molecule has 3 aromatic carbocycles. The second kappa shape index (κ2) is 11.5. The summed E-state index contributed by atoms with van der Waals surface area (Å²) in [5.74, 6) is -0.413. The lowest BCUT2D eigenvalue weighted by Crippen LogP contribution is -2.29. The lowest BCUT2D eigenvalue weighted by molar-refractivity contribution is -0.132. The van der Waals surface area contributed by atoms with Gasteiger partial charge >= 0.3 is 0 Å². The Balaban J connectivity index is 1.92. The maximum Gasteiger partial charge on any atom is 0.300 e. The predicted octanol–water partition coefficient (Wildman–Crippen LogP) is 6.47. The smallest absolute Gasteiger partial charge is 0.300 e. The third-order valence-electron chi connectivity index (χ3n) is 7.39. The average molecular weight is 543 g/mol. The van der Waals surface area contributed by atoms with Crippen molar-refractivity contribution in [3.8, 4) is 11.5 Å². The Morgan fingerprint density at radius 2 is 1.60 bits per heavy atom. The molecule has 4 rings (SSSR count). The molecule has 1 atom stereocenters. The Morgan fingerprint density at radius 3 is 2.17 bits per heavy atom. The van der Waals surface area contributed by atoms with Crippen LogP contribution in [0.3, 0.4) is 0 Å². The van der Waals surface area contributed by atoms with E-state index in [1.165, 1.54) is 4.90 Å². The lowest BCUT2D eigenvalue weighted by Gasteiger charge is -2.27. The standard InChI is InChI=1S/C33H38N2O5/c1-8-34(9-2)23-14-16-24(17-15-23)35-29(21-11-10-12-25(19-21)39-6)28(31(37)32(35)38)30(36)22-13-18-27(40-7)26(20-22)33(3,4)5/h10-20,29,36H,8-9H2,1-7H3/b30-28-. The van der Waals surface area contributed by atoms with E-state index in [1.807, 2.05) is 63.2 Å². The number of ether oxygens (including phenoxy) is 2. The monoisotopic (exact) mass is 542 g/mol. The number of hydrogen-bond donors (Lipinski definition) is 1. The van der Waals surface area contributed by atoms with E-state index >= 15 is 0 Å². The SMILES string of the molecule is CCN(CC)c1ccc(N2C(=O)C(=O)/C(=C(\O)c3ccc(OC)c(C(C)(C)C)c3)C2c2cccc(OC)c2)cc1. The summed E-state index contributed by atoms with van der Waals surface area (Å²) >= 11 is 0. The molecule has 1 unspecified atom stereocenters. The molecule has 40 heavy (non-hydrogen) atoms. The highest BCUT2D eigenvalue weighted by molar-refractivity contribution is 6.51. The molecule has 7 nitrogen and oxygen atoms in total. The summed E-state index contributed by atoms with van der Waals surface area (Å²) in [7, 11) is 3.16. The topological polar surface area (TPSA) is 79.3 Å². The van der Waals surface area contributed by atoms with Gasteiger partial charge in [-0.25, -0.2) is 0 Å². The first-order chi connectivity index (χ1) is 19.0. The molecule has 1 fully saturated rings. The summed E-state index contributed by atoms with van der Waals surface area (Å²) in [5.41, 5.74) is 3.29. The first-order valence-electron chi connectivity index (χ1n) is 13.5. The van der Waals surface area contributed by atoms with Crippen LogP contribution in [0.15, 0.2) is 72.3 Å². The van der Waals surface area contributed by atoms with Crippen LogP contribution in [0.1, 0.15) is 57.4 Å². The maximum atomic E-state index is 13.6. The molecule has 0 saturated carbocycles. The van der Waals surface area contributed by atoms with Gasteiger partial charge in [0, 0.05) is 35.6 Å². The van der Waals surface area contributed by atoms with Gasteiger partial charge in [0.1, 0.15) is 17.3 Å². The molecule has 1 aliphatic rings. The number of methoxy groups -OCH3 is 2. The molecule has 210 valence electrons. The van der Waals surface area contributed by atoms with E-state index in [0.29, 0.717) is 28.3 Å². The second-order valence-electron chi connectivity index (χ2n) is 10.8. The number of aliphatic hydroxyl groups is 1.